The van der Waals surface area contributed by atoms with Gasteiger partial charge in [0.15, 0.2) is 12.4 Å². The highest BCUT2D eigenvalue weighted by Gasteiger charge is 2.23. The maximum Gasteiger partial charge on any atom is 0.347 e. The van der Waals surface area contributed by atoms with E-state index in [0.717, 1.165) is 6.42 Å². The minimum atomic E-state index is -0.692. The third-order valence-electron chi connectivity index (χ3n) is 2.48. The molecule has 0 saturated carbocycles. The van der Waals surface area contributed by atoms with Crippen molar-refractivity contribution in [2.24, 2.45) is 0 Å². The van der Waals surface area contributed by atoms with Crippen LogP contribution in [0.1, 0.15) is 37.0 Å². The van der Waals surface area contributed by atoms with Crippen molar-refractivity contribution in [3.63, 3.8) is 0 Å². The van der Waals surface area contributed by atoms with Crippen LogP contribution in [0.5, 0.6) is 5.75 Å². The zero-order valence-electron chi connectivity index (χ0n) is 11.0. The van der Waals surface area contributed by atoms with E-state index >= 15 is 0 Å². The van der Waals surface area contributed by atoms with Crippen LogP contribution in [0.3, 0.4) is 0 Å². The van der Waals surface area contributed by atoms with Gasteiger partial charge in [0.25, 0.3) is 0 Å². The van der Waals surface area contributed by atoms with Crippen LogP contribution in [0.4, 0.5) is 0 Å². The molecule has 0 heterocycles. The van der Waals surface area contributed by atoms with Crippen LogP contribution in [0.25, 0.3) is 0 Å². The molecule has 1 unspecified atom stereocenters. The van der Waals surface area contributed by atoms with E-state index in [1.165, 1.54) is 0 Å². The summed E-state index contributed by atoms with van der Waals surface area (Å²) in [6, 6.07) is 5.14. The number of hydrogen-bond donors (Lipinski definition) is 0. The van der Waals surface area contributed by atoms with Crippen LogP contribution in [-0.4, -0.2) is 25.0 Å². The summed E-state index contributed by atoms with van der Waals surface area (Å²) in [4.78, 5) is 22.8. The monoisotopic (exact) mass is 328 g/mol. The standard InChI is InChI=1S/C14H17BrO4/c1-3-6-12(14(17)18-4-2)19-13-10(9-16)7-5-8-11(13)15/h5,7-9,12H,3-4,6H2,1-2H3. The number of halogens is 1. The van der Waals surface area contributed by atoms with Gasteiger partial charge in [0, 0.05) is 0 Å². The summed E-state index contributed by atoms with van der Waals surface area (Å²) < 4.78 is 11.3. The Hall–Kier alpha value is -1.36. The van der Waals surface area contributed by atoms with Gasteiger partial charge in [-0.3, -0.25) is 4.79 Å². The van der Waals surface area contributed by atoms with Crippen molar-refractivity contribution in [1.29, 1.82) is 0 Å². The Labute approximate surface area is 121 Å². The molecule has 1 aromatic carbocycles. The molecule has 19 heavy (non-hydrogen) atoms. The molecule has 104 valence electrons. The molecule has 4 nitrogen and oxygen atoms in total. The summed E-state index contributed by atoms with van der Waals surface area (Å²) in [7, 11) is 0. The predicted molar refractivity (Wildman–Crippen MR) is 75.5 cm³/mol. The second kappa shape index (κ2) is 7.94. The molecule has 1 rings (SSSR count). The topological polar surface area (TPSA) is 52.6 Å². The number of carbonyl (C=O) groups excluding carboxylic acids is 2. The van der Waals surface area contributed by atoms with E-state index in [-0.39, 0.29) is 0 Å². The number of para-hydroxylation sites is 1. The van der Waals surface area contributed by atoms with E-state index in [4.69, 9.17) is 9.47 Å². The fourth-order valence-corrected chi connectivity index (χ4v) is 2.08. The molecule has 0 bridgehead atoms. The largest absolute Gasteiger partial charge is 0.477 e. The molecule has 1 aromatic rings. The maximum atomic E-state index is 11.8. The molecular formula is C14H17BrO4. The van der Waals surface area contributed by atoms with Crippen LogP contribution in [-0.2, 0) is 9.53 Å². The van der Waals surface area contributed by atoms with E-state index < -0.39 is 12.1 Å². The second-order valence-corrected chi connectivity index (χ2v) is 4.78. The van der Waals surface area contributed by atoms with Crippen LogP contribution in [0, 0.1) is 0 Å². The van der Waals surface area contributed by atoms with Gasteiger partial charge >= 0.3 is 5.97 Å². The summed E-state index contributed by atoms with van der Waals surface area (Å²) in [5.74, 6) is -0.0269. The summed E-state index contributed by atoms with van der Waals surface area (Å²) in [5.41, 5.74) is 0.403. The van der Waals surface area contributed by atoms with E-state index in [9.17, 15) is 9.59 Å². The normalized spacial score (nSPS) is 11.7. The lowest BCUT2D eigenvalue weighted by molar-refractivity contribution is -0.151. The lowest BCUT2D eigenvalue weighted by atomic mass is 10.2. The molecule has 1 atom stereocenters. The van der Waals surface area contributed by atoms with E-state index in [2.05, 4.69) is 15.9 Å². The number of carbonyl (C=O) groups is 2. The molecule has 0 fully saturated rings. The van der Waals surface area contributed by atoms with Gasteiger partial charge < -0.3 is 9.47 Å². The first-order chi connectivity index (χ1) is 9.13. The minimum absolute atomic E-state index is 0.304. The lowest BCUT2D eigenvalue weighted by Gasteiger charge is -2.19. The summed E-state index contributed by atoms with van der Waals surface area (Å²) in [6.45, 7) is 4.01. The Morgan fingerprint density at radius 3 is 2.74 bits per heavy atom. The molecule has 5 heteroatoms. The number of hydrogen-bond acceptors (Lipinski definition) is 4. The van der Waals surface area contributed by atoms with E-state index in [1.807, 2.05) is 6.92 Å². The number of ether oxygens (including phenoxy) is 2. The Bertz CT molecular complexity index is 445. The number of rotatable bonds is 7. The van der Waals surface area contributed by atoms with Crippen molar-refractivity contribution in [1.82, 2.24) is 0 Å². The van der Waals surface area contributed by atoms with Gasteiger partial charge in [0.2, 0.25) is 0 Å². The molecule has 0 aliphatic carbocycles. The third-order valence-corrected chi connectivity index (χ3v) is 3.11. The fraction of sp³-hybridized carbons (Fsp3) is 0.429. The minimum Gasteiger partial charge on any atom is -0.477 e. The predicted octanol–water partition coefficient (Wildman–Crippen LogP) is 3.37. The smallest absolute Gasteiger partial charge is 0.347 e. The molecule has 0 aromatic heterocycles. The number of esters is 1. The van der Waals surface area contributed by atoms with Gasteiger partial charge in [-0.1, -0.05) is 19.4 Å². The maximum absolute atomic E-state index is 11.8. The lowest BCUT2D eigenvalue weighted by Crippen LogP contribution is -2.29. The molecular weight excluding hydrogens is 312 g/mol. The van der Waals surface area contributed by atoms with Gasteiger partial charge in [-0.05, 0) is 41.4 Å². The van der Waals surface area contributed by atoms with Crippen LogP contribution >= 0.6 is 15.9 Å². The first kappa shape index (κ1) is 15.7. The van der Waals surface area contributed by atoms with Crippen LogP contribution < -0.4 is 4.74 Å². The molecule has 0 amide bonds. The van der Waals surface area contributed by atoms with Crippen LogP contribution in [0.15, 0.2) is 22.7 Å². The van der Waals surface area contributed by atoms with Crippen molar-refractivity contribution in [3.05, 3.63) is 28.2 Å². The first-order valence-electron chi connectivity index (χ1n) is 6.21. The highest BCUT2D eigenvalue weighted by atomic mass is 79.9. The van der Waals surface area contributed by atoms with Crippen molar-refractivity contribution in [2.45, 2.75) is 32.8 Å². The zero-order chi connectivity index (χ0) is 14.3. The average Bonchev–Trinajstić information content (AvgIpc) is 2.40. The highest BCUT2D eigenvalue weighted by Crippen LogP contribution is 2.29. The highest BCUT2D eigenvalue weighted by molar-refractivity contribution is 9.10. The Morgan fingerprint density at radius 2 is 2.16 bits per heavy atom. The van der Waals surface area contributed by atoms with Crippen molar-refractivity contribution in [3.8, 4) is 5.75 Å². The Balaban J connectivity index is 2.96. The van der Waals surface area contributed by atoms with Crippen molar-refractivity contribution >= 4 is 28.2 Å². The number of benzene rings is 1. The molecule has 0 N–H and O–H groups in total. The number of aldehydes is 1. The van der Waals surface area contributed by atoms with Gasteiger partial charge in [0.05, 0.1) is 16.6 Å². The first-order valence-corrected chi connectivity index (χ1v) is 7.00. The quantitative estimate of drug-likeness (QED) is 0.568. The molecule has 0 radical (unpaired) electrons. The van der Waals surface area contributed by atoms with Crippen molar-refractivity contribution in [2.75, 3.05) is 6.61 Å². The van der Waals surface area contributed by atoms with Gasteiger partial charge in [0.1, 0.15) is 5.75 Å². The van der Waals surface area contributed by atoms with Gasteiger partial charge in [-0.2, -0.15) is 0 Å². The van der Waals surface area contributed by atoms with E-state index in [0.29, 0.717) is 35.1 Å². The molecule has 0 spiro atoms. The fourth-order valence-electron chi connectivity index (χ4n) is 1.61. The third kappa shape index (κ3) is 4.35. The Kier molecular flexibility index (Phi) is 6.56. The summed E-state index contributed by atoms with van der Waals surface area (Å²) >= 11 is 3.32. The van der Waals surface area contributed by atoms with Gasteiger partial charge in [-0.15, -0.1) is 0 Å². The van der Waals surface area contributed by atoms with Crippen LogP contribution in [0.2, 0.25) is 0 Å². The van der Waals surface area contributed by atoms with Crippen molar-refractivity contribution < 1.29 is 19.1 Å². The van der Waals surface area contributed by atoms with E-state index in [1.54, 1.807) is 25.1 Å². The second-order valence-electron chi connectivity index (χ2n) is 3.92. The molecule has 0 saturated heterocycles. The van der Waals surface area contributed by atoms with Gasteiger partial charge in [-0.25, -0.2) is 4.79 Å². The Morgan fingerprint density at radius 1 is 1.42 bits per heavy atom. The zero-order valence-corrected chi connectivity index (χ0v) is 12.6. The molecule has 0 aliphatic rings. The SMILES string of the molecule is CCCC(Oc1c(Br)cccc1C=O)C(=O)OCC. The molecule has 0 aliphatic heterocycles. The summed E-state index contributed by atoms with van der Waals surface area (Å²) in [6.07, 6.45) is 1.33. The average molecular weight is 329 g/mol. The summed E-state index contributed by atoms with van der Waals surface area (Å²) in [5, 5.41) is 0.